The van der Waals surface area contributed by atoms with Crippen molar-refractivity contribution in [1.29, 1.82) is 0 Å². The maximum atomic E-state index is 12.4. The monoisotopic (exact) mass is 515 g/mol. The third-order valence-electron chi connectivity index (χ3n) is 5.14. The van der Waals surface area contributed by atoms with Crippen LogP contribution in [0.5, 0.6) is 28.7 Å². The smallest absolute Gasteiger partial charge is 0.250 e. The number of aromatic nitrogens is 3. The predicted molar refractivity (Wildman–Crippen MR) is 137 cm³/mol. The summed E-state index contributed by atoms with van der Waals surface area (Å²) in [5.41, 5.74) is 3.91. The van der Waals surface area contributed by atoms with Crippen molar-refractivity contribution in [3.8, 4) is 40.1 Å². The molecule has 0 radical (unpaired) electrons. The van der Waals surface area contributed by atoms with Crippen LogP contribution in [0.2, 0.25) is 0 Å². The van der Waals surface area contributed by atoms with Crippen molar-refractivity contribution < 1.29 is 28.5 Å². The number of amides is 1. The van der Waals surface area contributed by atoms with Gasteiger partial charge in [0.2, 0.25) is 0 Å². The predicted octanol–water partition coefficient (Wildman–Crippen LogP) is 3.25. The molecule has 0 aliphatic heterocycles. The number of hydrogen-bond acceptors (Lipinski definition) is 10. The van der Waals surface area contributed by atoms with E-state index in [2.05, 4.69) is 20.7 Å². The Morgan fingerprint density at radius 1 is 0.944 bits per heavy atom. The third kappa shape index (κ3) is 6.00. The van der Waals surface area contributed by atoms with Crippen molar-refractivity contribution >= 4 is 23.9 Å². The van der Waals surface area contributed by atoms with E-state index in [9.17, 15) is 4.79 Å². The van der Waals surface area contributed by atoms with Gasteiger partial charge in [-0.1, -0.05) is 11.8 Å². The van der Waals surface area contributed by atoms with Gasteiger partial charge in [0, 0.05) is 24.2 Å². The van der Waals surface area contributed by atoms with Gasteiger partial charge in [-0.25, -0.2) is 5.43 Å². The highest BCUT2D eigenvalue weighted by atomic mass is 32.2. The van der Waals surface area contributed by atoms with Gasteiger partial charge in [-0.15, -0.1) is 10.2 Å². The molecule has 192 valence electrons. The van der Waals surface area contributed by atoms with Crippen LogP contribution in [0.25, 0.3) is 11.4 Å². The van der Waals surface area contributed by atoms with Crippen LogP contribution in [0.4, 0.5) is 0 Å². The molecule has 3 aromatic rings. The fourth-order valence-corrected chi connectivity index (χ4v) is 4.16. The number of methoxy groups -OCH3 is 5. The lowest BCUT2D eigenvalue weighted by Crippen LogP contribution is -2.20. The molecule has 0 aliphatic rings. The van der Waals surface area contributed by atoms with E-state index in [1.165, 1.54) is 32.2 Å². The van der Waals surface area contributed by atoms with E-state index in [0.717, 1.165) is 5.56 Å². The highest BCUT2D eigenvalue weighted by Crippen LogP contribution is 2.34. The first kappa shape index (κ1) is 26.7. The van der Waals surface area contributed by atoms with E-state index in [0.29, 0.717) is 51.8 Å². The van der Waals surface area contributed by atoms with Crippen molar-refractivity contribution in [2.45, 2.75) is 18.6 Å². The molecule has 1 aromatic heterocycles. The average molecular weight is 516 g/mol. The molecule has 0 unspecified atom stereocenters. The van der Waals surface area contributed by atoms with E-state index in [1.807, 2.05) is 29.7 Å². The Bertz CT molecular complexity index is 1200. The van der Waals surface area contributed by atoms with E-state index in [4.69, 9.17) is 23.7 Å². The summed E-state index contributed by atoms with van der Waals surface area (Å²) >= 11 is 1.26. The van der Waals surface area contributed by atoms with Crippen LogP contribution in [0.1, 0.15) is 12.5 Å². The first-order valence-electron chi connectivity index (χ1n) is 10.9. The molecule has 36 heavy (non-hydrogen) atoms. The Hall–Kier alpha value is -3.93. The maximum absolute atomic E-state index is 12.4. The number of benzene rings is 2. The fraction of sp³-hybridized carbons (Fsp3) is 0.333. The van der Waals surface area contributed by atoms with Gasteiger partial charge < -0.3 is 28.3 Å². The van der Waals surface area contributed by atoms with E-state index < -0.39 is 0 Å². The SMILES string of the molecule is CCn1c(SCC(=O)N/N=C/c2c(OC)cc(OC)cc2OC)nnc1-c1ccc(OC)c(OC)c1. The minimum absolute atomic E-state index is 0.0955. The number of rotatable bonds is 12. The van der Waals surface area contributed by atoms with Crippen LogP contribution >= 0.6 is 11.8 Å². The second-order valence-corrected chi connectivity index (χ2v) is 8.09. The zero-order valence-electron chi connectivity index (χ0n) is 21.0. The van der Waals surface area contributed by atoms with E-state index in [-0.39, 0.29) is 11.7 Å². The summed E-state index contributed by atoms with van der Waals surface area (Å²) < 4.78 is 28.6. The third-order valence-corrected chi connectivity index (χ3v) is 6.11. The number of hydrogen-bond donors (Lipinski definition) is 1. The van der Waals surface area contributed by atoms with Crippen molar-refractivity contribution in [3.05, 3.63) is 35.9 Å². The lowest BCUT2D eigenvalue weighted by Gasteiger charge is -2.12. The Labute approximate surface area is 213 Å². The molecule has 12 heteroatoms. The van der Waals surface area contributed by atoms with E-state index >= 15 is 0 Å². The molecule has 3 rings (SSSR count). The molecule has 0 saturated heterocycles. The summed E-state index contributed by atoms with van der Waals surface area (Å²) in [6, 6.07) is 8.94. The molecule has 0 aliphatic carbocycles. The second-order valence-electron chi connectivity index (χ2n) is 7.15. The molecule has 1 heterocycles. The largest absolute Gasteiger partial charge is 0.496 e. The van der Waals surface area contributed by atoms with Crippen LogP contribution in [-0.4, -0.2) is 68.2 Å². The number of nitrogens with one attached hydrogen (secondary N) is 1. The summed E-state index contributed by atoms with van der Waals surface area (Å²) in [4.78, 5) is 12.4. The van der Waals surface area contributed by atoms with Crippen LogP contribution < -0.4 is 29.1 Å². The fourth-order valence-electron chi connectivity index (χ4n) is 3.36. The number of carbonyl (C=O) groups excluding carboxylic acids is 1. The molecule has 1 amide bonds. The summed E-state index contributed by atoms with van der Waals surface area (Å²) in [5, 5.41) is 13.2. The minimum Gasteiger partial charge on any atom is -0.496 e. The highest BCUT2D eigenvalue weighted by molar-refractivity contribution is 7.99. The summed E-state index contributed by atoms with van der Waals surface area (Å²) in [6.07, 6.45) is 1.46. The molecule has 0 fully saturated rings. The molecule has 11 nitrogen and oxygen atoms in total. The van der Waals surface area contributed by atoms with Gasteiger partial charge in [-0.3, -0.25) is 4.79 Å². The van der Waals surface area contributed by atoms with Crippen molar-refractivity contribution in [2.75, 3.05) is 41.3 Å². The Morgan fingerprint density at radius 2 is 1.61 bits per heavy atom. The molecule has 0 atom stereocenters. The zero-order chi connectivity index (χ0) is 26.1. The normalized spacial score (nSPS) is 10.8. The summed E-state index contributed by atoms with van der Waals surface area (Å²) in [7, 11) is 7.77. The van der Waals surface area contributed by atoms with Gasteiger partial charge in [0.15, 0.2) is 22.5 Å². The first-order chi connectivity index (χ1) is 17.5. The Morgan fingerprint density at radius 3 is 2.19 bits per heavy atom. The lowest BCUT2D eigenvalue weighted by molar-refractivity contribution is -0.118. The number of ether oxygens (including phenoxy) is 5. The Kier molecular flexibility index (Phi) is 9.39. The lowest BCUT2D eigenvalue weighted by atomic mass is 10.2. The van der Waals surface area contributed by atoms with Crippen LogP contribution in [0.3, 0.4) is 0 Å². The highest BCUT2D eigenvalue weighted by Gasteiger charge is 2.17. The van der Waals surface area contributed by atoms with Gasteiger partial charge in [-0.2, -0.15) is 5.10 Å². The van der Waals surface area contributed by atoms with Crippen LogP contribution in [0, 0.1) is 0 Å². The molecule has 0 bridgehead atoms. The molecule has 0 saturated carbocycles. The molecular weight excluding hydrogens is 486 g/mol. The second kappa shape index (κ2) is 12.7. The number of hydrazone groups is 1. The van der Waals surface area contributed by atoms with Gasteiger partial charge in [0.25, 0.3) is 5.91 Å². The Balaban J connectivity index is 1.68. The standard InChI is InChI=1S/C24H29N5O6S/c1-7-29-23(15-8-9-18(32-3)21(10-15)35-6)27-28-24(29)36-14-22(30)26-25-13-17-19(33-4)11-16(31-2)12-20(17)34-5/h8-13H,7,14H2,1-6H3,(H,26,30)/b25-13+. The van der Waals surface area contributed by atoms with Crippen molar-refractivity contribution in [3.63, 3.8) is 0 Å². The summed E-state index contributed by atoms with van der Waals surface area (Å²) in [5.74, 6) is 3.25. The van der Waals surface area contributed by atoms with Gasteiger partial charge in [-0.05, 0) is 25.1 Å². The van der Waals surface area contributed by atoms with Crippen molar-refractivity contribution in [2.24, 2.45) is 5.10 Å². The van der Waals surface area contributed by atoms with Gasteiger partial charge in [0.1, 0.15) is 17.2 Å². The van der Waals surface area contributed by atoms with Crippen LogP contribution in [0.15, 0.2) is 40.6 Å². The van der Waals surface area contributed by atoms with E-state index in [1.54, 1.807) is 33.5 Å². The van der Waals surface area contributed by atoms with Crippen LogP contribution in [-0.2, 0) is 11.3 Å². The molecule has 0 spiro atoms. The molecule has 1 N–H and O–H groups in total. The molecule has 2 aromatic carbocycles. The molecular formula is C24H29N5O6S. The number of carbonyl (C=O) groups is 1. The summed E-state index contributed by atoms with van der Waals surface area (Å²) in [6.45, 7) is 2.60. The number of nitrogens with zero attached hydrogens (tertiary/aromatic N) is 4. The maximum Gasteiger partial charge on any atom is 0.250 e. The first-order valence-corrected chi connectivity index (χ1v) is 11.9. The van der Waals surface area contributed by atoms with Crippen molar-refractivity contribution in [1.82, 2.24) is 20.2 Å². The average Bonchev–Trinajstić information content (AvgIpc) is 3.34. The van der Waals surface area contributed by atoms with Gasteiger partial charge >= 0.3 is 0 Å². The minimum atomic E-state index is -0.305. The van der Waals surface area contributed by atoms with Gasteiger partial charge in [0.05, 0.1) is 53.1 Å². The zero-order valence-corrected chi connectivity index (χ0v) is 21.8. The number of thioether (sulfide) groups is 1. The quantitative estimate of drug-likeness (QED) is 0.220. The topological polar surface area (TPSA) is 118 Å².